The van der Waals surface area contributed by atoms with Crippen LogP contribution in [0.1, 0.15) is 64.9 Å². The number of hydrogen-bond acceptors (Lipinski definition) is 2. The molecule has 2 nitrogen and oxygen atoms in total. The predicted molar refractivity (Wildman–Crippen MR) is 83.9 cm³/mol. The van der Waals surface area contributed by atoms with Crippen LogP contribution in [0.2, 0.25) is 0 Å². The smallest absolute Gasteiger partial charge is 0.123 e. The maximum atomic E-state index is 13.0. The van der Waals surface area contributed by atoms with Crippen LogP contribution in [0.3, 0.4) is 0 Å². The topological polar surface area (TPSA) is 38.0 Å². The van der Waals surface area contributed by atoms with E-state index >= 15 is 0 Å². The molecule has 114 valence electrons. The number of nitrogens with one attached hydrogen (secondary N) is 1. The molecule has 20 heavy (non-hydrogen) atoms. The van der Waals surface area contributed by atoms with Gasteiger partial charge in [0.25, 0.3) is 0 Å². The van der Waals surface area contributed by atoms with Gasteiger partial charge in [0.05, 0.1) is 0 Å². The van der Waals surface area contributed by atoms with E-state index in [0.29, 0.717) is 0 Å². The molecule has 1 aromatic carbocycles. The lowest BCUT2D eigenvalue weighted by atomic mass is 9.76. The zero-order valence-electron chi connectivity index (χ0n) is 13.1. The fourth-order valence-corrected chi connectivity index (χ4v) is 2.69. The van der Waals surface area contributed by atoms with Gasteiger partial charge < -0.3 is 0 Å². The zero-order chi connectivity index (χ0) is 15.0. The Balaban J connectivity index is 2.59. The standard InChI is InChI=1S/C17H29FN2/c1-4-5-6-7-8-9-16(20-19)17(2,3)14-10-12-15(18)13-11-14/h10-13,16,20H,4-9,19H2,1-3H3. The second-order valence-corrected chi connectivity index (χ2v) is 6.15. The number of nitrogens with two attached hydrogens (primary N) is 1. The van der Waals surface area contributed by atoms with Crippen LogP contribution >= 0.6 is 0 Å². The van der Waals surface area contributed by atoms with E-state index in [1.54, 1.807) is 0 Å². The zero-order valence-corrected chi connectivity index (χ0v) is 13.1. The molecule has 0 bridgehead atoms. The van der Waals surface area contributed by atoms with Crippen molar-refractivity contribution in [2.24, 2.45) is 5.84 Å². The number of hydrazine groups is 1. The van der Waals surface area contributed by atoms with E-state index in [9.17, 15) is 4.39 Å². The molecule has 3 N–H and O–H groups in total. The number of halogens is 1. The second-order valence-electron chi connectivity index (χ2n) is 6.15. The summed E-state index contributed by atoms with van der Waals surface area (Å²) in [4.78, 5) is 0. The van der Waals surface area contributed by atoms with E-state index in [4.69, 9.17) is 5.84 Å². The van der Waals surface area contributed by atoms with Gasteiger partial charge in [0.2, 0.25) is 0 Å². The minimum Gasteiger partial charge on any atom is -0.271 e. The lowest BCUT2D eigenvalue weighted by Gasteiger charge is -2.34. The minimum absolute atomic E-state index is 0.104. The SMILES string of the molecule is CCCCCCCC(NN)C(C)(C)c1ccc(F)cc1. The van der Waals surface area contributed by atoms with Gasteiger partial charge in [-0.3, -0.25) is 11.3 Å². The van der Waals surface area contributed by atoms with Gasteiger partial charge in [-0.25, -0.2) is 4.39 Å². The molecule has 0 spiro atoms. The molecule has 0 aliphatic heterocycles. The first-order chi connectivity index (χ1) is 9.52. The Morgan fingerprint density at radius 1 is 1.10 bits per heavy atom. The summed E-state index contributed by atoms with van der Waals surface area (Å²) in [6, 6.07) is 6.96. The van der Waals surface area contributed by atoms with Crippen molar-refractivity contribution in [1.29, 1.82) is 0 Å². The first kappa shape index (κ1) is 17.1. The van der Waals surface area contributed by atoms with Crippen LogP contribution in [0, 0.1) is 5.82 Å². The normalized spacial score (nSPS) is 13.4. The highest BCUT2D eigenvalue weighted by atomic mass is 19.1. The highest BCUT2D eigenvalue weighted by Crippen LogP contribution is 2.29. The third-order valence-electron chi connectivity index (χ3n) is 4.26. The van der Waals surface area contributed by atoms with Crippen molar-refractivity contribution < 1.29 is 4.39 Å². The molecule has 0 fully saturated rings. The Kier molecular flexibility index (Phi) is 7.17. The monoisotopic (exact) mass is 280 g/mol. The summed E-state index contributed by atoms with van der Waals surface area (Å²) in [5.41, 5.74) is 3.97. The molecular formula is C17H29FN2. The molecule has 1 atom stereocenters. The molecule has 0 aliphatic carbocycles. The van der Waals surface area contributed by atoms with Crippen molar-refractivity contribution in [1.82, 2.24) is 5.43 Å². The maximum absolute atomic E-state index is 13.0. The third kappa shape index (κ3) is 4.88. The Bertz CT molecular complexity index is 373. The first-order valence-electron chi connectivity index (χ1n) is 7.74. The van der Waals surface area contributed by atoms with Crippen LogP contribution in [0.15, 0.2) is 24.3 Å². The summed E-state index contributed by atoms with van der Waals surface area (Å²) in [6.45, 7) is 6.55. The summed E-state index contributed by atoms with van der Waals surface area (Å²) in [5, 5.41) is 0. The molecule has 3 heteroatoms. The van der Waals surface area contributed by atoms with Gasteiger partial charge in [-0.05, 0) is 24.1 Å². The van der Waals surface area contributed by atoms with Crippen molar-refractivity contribution in [2.45, 2.75) is 70.8 Å². The molecule has 1 aromatic rings. The molecule has 0 aromatic heterocycles. The fraction of sp³-hybridized carbons (Fsp3) is 0.647. The van der Waals surface area contributed by atoms with E-state index in [1.165, 1.54) is 44.2 Å². The molecule has 0 saturated heterocycles. The Hall–Kier alpha value is -0.930. The van der Waals surface area contributed by atoms with Crippen molar-refractivity contribution in [2.75, 3.05) is 0 Å². The Morgan fingerprint density at radius 2 is 1.70 bits per heavy atom. The molecule has 0 saturated carbocycles. The van der Waals surface area contributed by atoms with Crippen LogP contribution < -0.4 is 11.3 Å². The van der Waals surface area contributed by atoms with Gasteiger partial charge >= 0.3 is 0 Å². The summed E-state index contributed by atoms with van der Waals surface area (Å²) in [5.74, 6) is 5.55. The lowest BCUT2D eigenvalue weighted by molar-refractivity contribution is 0.316. The second kappa shape index (κ2) is 8.38. The van der Waals surface area contributed by atoms with E-state index in [1.807, 2.05) is 12.1 Å². The molecule has 0 aliphatic rings. The van der Waals surface area contributed by atoms with Crippen LogP contribution in [0.25, 0.3) is 0 Å². The largest absolute Gasteiger partial charge is 0.271 e. The van der Waals surface area contributed by atoms with E-state index in [2.05, 4.69) is 26.2 Å². The average molecular weight is 280 g/mol. The lowest BCUT2D eigenvalue weighted by Crippen LogP contribution is -2.48. The highest BCUT2D eigenvalue weighted by Gasteiger charge is 2.30. The summed E-state index contributed by atoms with van der Waals surface area (Å²) < 4.78 is 13.0. The van der Waals surface area contributed by atoms with E-state index < -0.39 is 0 Å². The van der Waals surface area contributed by atoms with Crippen molar-refractivity contribution >= 4 is 0 Å². The molecule has 1 unspecified atom stereocenters. The average Bonchev–Trinajstić information content (AvgIpc) is 2.43. The maximum Gasteiger partial charge on any atom is 0.123 e. The fourth-order valence-electron chi connectivity index (χ4n) is 2.69. The minimum atomic E-state index is -0.193. The van der Waals surface area contributed by atoms with E-state index in [-0.39, 0.29) is 17.3 Å². The summed E-state index contributed by atoms with van der Waals surface area (Å²) in [6.07, 6.45) is 7.35. The molecule has 1 rings (SSSR count). The predicted octanol–water partition coefficient (Wildman–Crippen LogP) is 4.30. The molecule has 0 heterocycles. The van der Waals surface area contributed by atoms with Gasteiger partial charge in [0, 0.05) is 11.5 Å². The van der Waals surface area contributed by atoms with Crippen LogP contribution in [-0.4, -0.2) is 6.04 Å². The van der Waals surface area contributed by atoms with Gasteiger partial charge in [0.15, 0.2) is 0 Å². The third-order valence-corrected chi connectivity index (χ3v) is 4.26. The van der Waals surface area contributed by atoms with Crippen molar-refractivity contribution in [3.63, 3.8) is 0 Å². The van der Waals surface area contributed by atoms with Gasteiger partial charge in [-0.2, -0.15) is 0 Å². The van der Waals surface area contributed by atoms with Crippen LogP contribution in [-0.2, 0) is 5.41 Å². The summed E-state index contributed by atoms with van der Waals surface area (Å²) in [7, 11) is 0. The van der Waals surface area contributed by atoms with Gasteiger partial charge in [0.1, 0.15) is 5.82 Å². The Morgan fingerprint density at radius 3 is 2.25 bits per heavy atom. The summed E-state index contributed by atoms with van der Waals surface area (Å²) >= 11 is 0. The number of hydrogen-bond donors (Lipinski definition) is 2. The number of unbranched alkanes of at least 4 members (excludes halogenated alkanes) is 4. The van der Waals surface area contributed by atoms with Crippen molar-refractivity contribution in [3.05, 3.63) is 35.6 Å². The van der Waals surface area contributed by atoms with Crippen molar-refractivity contribution in [3.8, 4) is 0 Å². The Labute approximate surface area is 122 Å². The highest BCUT2D eigenvalue weighted by molar-refractivity contribution is 5.26. The van der Waals surface area contributed by atoms with Crippen LogP contribution in [0.5, 0.6) is 0 Å². The van der Waals surface area contributed by atoms with E-state index in [0.717, 1.165) is 12.0 Å². The molecule has 0 radical (unpaired) electrons. The number of benzene rings is 1. The van der Waals surface area contributed by atoms with Crippen LogP contribution in [0.4, 0.5) is 4.39 Å². The molecule has 0 amide bonds. The van der Waals surface area contributed by atoms with Gasteiger partial charge in [-0.15, -0.1) is 0 Å². The molecular weight excluding hydrogens is 251 g/mol. The quantitative estimate of drug-likeness (QED) is 0.402. The number of rotatable bonds is 9. The first-order valence-corrected chi connectivity index (χ1v) is 7.74. The van der Waals surface area contributed by atoms with Gasteiger partial charge in [-0.1, -0.05) is 65.0 Å².